The topological polar surface area (TPSA) is 36.9 Å². The highest BCUT2D eigenvalue weighted by Crippen LogP contribution is 2.19. The molecule has 16 heavy (non-hydrogen) atoms. The van der Waals surface area contributed by atoms with Gasteiger partial charge in [0.05, 0.1) is 12.2 Å². The van der Waals surface area contributed by atoms with Gasteiger partial charge in [0.15, 0.2) is 0 Å². The number of methoxy groups -OCH3 is 4. The van der Waals surface area contributed by atoms with Gasteiger partial charge in [0.25, 0.3) is 0 Å². The Bertz CT molecular complexity index is 137. The zero-order valence-electron chi connectivity index (χ0n) is 11.4. The van der Waals surface area contributed by atoms with Crippen LogP contribution in [0.1, 0.15) is 26.7 Å². The summed E-state index contributed by atoms with van der Waals surface area (Å²) in [5.74, 6) is 0. The molecule has 0 unspecified atom stereocenters. The molecule has 0 amide bonds. The van der Waals surface area contributed by atoms with Gasteiger partial charge in [-0.3, -0.25) is 0 Å². The maximum absolute atomic E-state index is 5.50. The van der Waals surface area contributed by atoms with Crippen molar-refractivity contribution < 1.29 is 18.9 Å². The van der Waals surface area contributed by atoms with Crippen molar-refractivity contribution in [3.05, 3.63) is 0 Å². The van der Waals surface area contributed by atoms with E-state index in [1.54, 1.807) is 28.4 Å². The highest BCUT2D eigenvalue weighted by molar-refractivity contribution is 4.84. The van der Waals surface area contributed by atoms with Crippen molar-refractivity contribution in [2.45, 2.75) is 51.1 Å². The van der Waals surface area contributed by atoms with Crippen LogP contribution in [-0.2, 0) is 18.9 Å². The van der Waals surface area contributed by atoms with Crippen LogP contribution in [0.5, 0.6) is 0 Å². The van der Waals surface area contributed by atoms with Crippen molar-refractivity contribution in [2.75, 3.05) is 28.4 Å². The molecule has 0 spiro atoms. The highest BCUT2D eigenvalue weighted by atomic mass is 16.6. The van der Waals surface area contributed by atoms with Gasteiger partial charge in [0.1, 0.15) is 12.2 Å². The zero-order valence-corrected chi connectivity index (χ0v) is 11.4. The first kappa shape index (κ1) is 15.8. The third-order valence-corrected chi connectivity index (χ3v) is 3.01. The van der Waals surface area contributed by atoms with Crippen LogP contribution in [0.2, 0.25) is 0 Å². The Kier molecular flexibility index (Phi) is 8.84. The molecule has 4 heteroatoms. The number of hydrogen-bond acceptors (Lipinski definition) is 4. The summed E-state index contributed by atoms with van der Waals surface area (Å²) >= 11 is 0. The molecule has 0 N–H and O–H groups in total. The van der Waals surface area contributed by atoms with E-state index in [1.165, 1.54) is 0 Å². The van der Waals surface area contributed by atoms with E-state index in [0.29, 0.717) is 0 Å². The number of rotatable bonds is 9. The standard InChI is InChI=1S/C12H26O4/c1-7-9(13-3)11(15-5)12(16-6)10(8-2)14-4/h9-12H,7-8H2,1-6H3/t9-,10+,11+,12-. The van der Waals surface area contributed by atoms with E-state index in [0.717, 1.165) is 12.8 Å². The van der Waals surface area contributed by atoms with Crippen molar-refractivity contribution in [1.29, 1.82) is 0 Å². The lowest BCUT2D eigenvalue weighted by Gasteiger charge is -2.34. The van der Waals surface area contributed by atoms with Gasteiger partial charge < -0.3 is 18.9 Å². The molecule has 0 radical (unpaired) electrons. The Morgan fingerprint density at radius 3 is 1.06 bits per heavy atom. The zero-order chi connectivity index (χ0) is 12.6. The third kappa shape index (κ3) is 4.01. The molecule has 0 saturated heterocycles. The smallest absolute Gasteiger partial charge is 0.112 e. The van der Waals surface area contributed by atoms with Crippen molar-refractivity contribution in [3.63, 3.8) is 0 Å². The molecular formula is C12H26O4. The summed E-state index contributed by atoms with van der Waals surface area (Å²) in [6, 6.07) is 0. The molecule has 4 nitrogen and oxygen atoms in total. The van der Waals surface area contributed by atoms with Crippen LogP contribution in [0.15, 0.2) is 0 Å². The summed E-state index contributed by atoms with van der Waals surface area (Å²) in [4.78, 5) is 0. The van der Waals surface area contributed by atoms with E-state index < -0.39 is 0 Å². The molecule has 0 heterocycles. The predicted molar refractivity (Wildman–Crippen MR) is 63.8 cm³/mol. The van der Waals surface area contributed by atoms with Gasteiger partial charge >= 0.3 is 0 Å². The Balaban J connectivity index is 4.71. The Morgan fingerprint density at radius 2 is 0.938 bits per heavy atom. The van der Waals surface area contributed by atoms with Crippen molar-refractivity contribution in [3.8, 4) is 0 Å². The quantitative estimate of drug-likeness (QED) is 0.610. The van der Waals surface area contributed by atoms with Crippen LogP contribution in [0, 0.1) is 0 Å². The minimum absolute atomic E-state index is 0.0270. The molecule has 0 aliphatic heterocycles. The number of ether oxygens (including phenoxy) is 4. The summed E-state index contributed by atoms with van der Waals surface area (Å²) in [5, 5.41) is 0. The molecule has 0 saturated carbocycles. The molecule has 0 aromatic carbocycles. The minimum atomic E-state index is -0.107. The maximum Gasteiger partial charge on any atom is 0.112 e. The summed E-state index contributed by atoms with van der Waals surface area (Å²) in [5.41, 5.74) is 0. The van der Waals surface area contributed by atoms with Crippen molar-refractivity contribution >= 4 is 0 Å². The first-order chi connectivity index (χ1) is 7.69. The van der Waals surface area contributed by atoms with Gasteiger partial charge in [-0.25, -0.2) is 0 Å². The van der Waals surface area contributed by atoms with Crippen LogP contribution in [-0.4, -0.2) is 52.9 Å². The van der Waals surface area contributed by atoms with Crippen LogP contribution in [0.4, 0.5) is 0 Å². The second-order valence-corrected chi connectivity index (χ2v) is 3.77. The van der Waals surface area contributed by atoms with E-state index >= 15 is 0 Å². The summed E-state index contributed by atoms with van der Waals surface area (Å²) in [6.07, 6.45) is 1.61. The summed E-state index contributed by atoms with van der Waals surface area (Å²) in [7, 11) is 6.75. The molecule has 0 fully saturated rings. The maximum atomic E-state index is 5.50. The predicted octanol–water partition coefficient (Wildman–Crippen LogP) is 1.87. The first-order valence-electron chi connectivity index (χ1n) is 5.81. The lowest BCUT2D eigenvalue weighted by atomic mass is 9.99. The highest BCUT2D eigenvalue weighted by Gasteiger charge is 2.34. The number of hydrogen-bond donors (Lipinski definition) is 0. The summed E-state index contributed by atoms with van der Waals surface area (Å²) in [6.45, 7) is 4.14. The van der Waals surface area contributed by atoms with Crippen molar-refractivity contribution in [2.24, 2.45) is 0 Å². The van der Waals surface area contributed by atoms with Gasteiger partial charge in [-0.05, 0) is 12.8 Å². The van der Waals surface area contributed by atoms with Gasteiger partial charge in [-0.15, -0.1) is 0 Å². The fourth-order valence-corrected chi connectivity index (χ4v) is 2.06. The largest absolute Gasteiger partial charge is 0.379 e. The van der Waals surface area contributed by atoms with Crippen LogP contribution in [0.3, 0.4) is 0 Å². The molecule has 4 atom stereocenters. The molecule has 0 aliphatic rings. The van der Waals surface area contributed by atoms with Crippen LogP contribution < -0.4 is 0 Å². The molecule has 0 aromatic heterocycles. The molecule has 0 bridgehead atoms. The van der Waals surface area contributed by atoms with E-state index in [1.807, 2.05) is 0 Å². The van der Waals surface area contributed by atoms with Crippen molar-refractivity contribution in [1.82, 2.24) is 0 Å². The lowest BCUT2D eigenvalue weighted by Crippen LogP contribution is -2.47. The Morgan fingerprint density at radius 1 is 0.625 bits per heavy atom. The fourth-order valence-electron chi connectivity index (χ4n) is 2.06. The van der Waals surface area contributed by atoms with Crippen LogP contribution >= 0.6 is 0 Å². The van der Waals surface area contributed by atoms with Gasteiger partial charge in [0.2, 0.25) is 0 Å². The van der Waals surface area contributed by atoms with Gasteiger partial charge in [-0.2, -0.15) is 0 Å². The monoisotopic (exact) mass is 234 g/mol. The average Bonchev–Trinajstić information content (AvgIpc) is 2.33. The SMILES string of the molecule is CC[C@H](OC)[C@@H](OC)[C@@H](OC)[C@@H](CC)OC. The molecule has 0 aromatic rings. The van der Waals surface area contributed by atoms with E-state index in [2.05, 4.69) is 13.8 Å². The molecule has 98 valence electrons. The second-order valence-electron chi connectivity index (χ2n) is 3.77. The fraction of sp³-hybridized carbons (Fsp3) is 1.00. The molecule has 0 rings (SSSR count). The van der Waals surface area contributed by atoms with Gasteiger partial charge in [0, 0.05) is 28.4 Å². The Labute approximate surface area is 99.2 Å². The normalized spacial score (nSPS) is 19.1. The minimum Gasteiger partial charge on any atom is -0.379 e. The second kappa shape index (κ2) is 8.93. The molecule has 0 aliphatic carbocycles. The Hall–Kier alpha value is -0.160. The summed E-state index contributed by atoms with van der Waals surface area (Å²) < 4.78 is 21.8. The van der Waals surface area contributed by atoms with E-state index in [4.69, 9.17) is 18.9 Å². The average molecular weight is 234 g/mol. The van der Waals surface area contributed by atoms with E-state index in [-0.39, 0.29) is 24.4 Å². The third-order valence-electron chi connectivity index (χ3n) is 3.01. The molecular weight excluding hydrogens is 208 g/mol. The van der Waals surface area contributed by atoms with Crippen LogP contribution in [0.25, 0.3) is 0 Å². The van der Waals surface area contributed by atoms with Gasteiger partial charge in [-0.1, -0.05) is 13.8 Å². The first-order valence-corrected chi connectivity index (χ1v) is 5.81. The lowest BCUT2D eigenvalue weighted by molar-refractivity contribution is -0.149. The van der Waals surface area contributed by atoms with E-state index in [9.17, 15) is 0 Å².